The molecule has 1 aliphatic carbocycles. The lowest BCUT2D eigenvalue weighted by atomic mass is 9.85. The minimum absolute atomic E-state index is 0.0101. The molecule has 2 heterocycles. The first kappa shape index (κ1) is 29.1. The zero-order chi connectivity index (χ0) is 26.7. The minimum Gasteiger partial charge on any atom is -0.491 e. The third-order valence-corrected chi connectivity index (χ3v) is 8.41. The van der Waals surface area contributed by atoms with Gasteiger partial charge in [0, 0.05) is 25.6 Å². The Kier molecular flexibility index (Phi) is 11.5. The highest BCUT2D eigenvalue weighted by Gasteiger charge is 2.45. The fourth-order valence-corrected chi connectivity index (χ4v) is 6.27. The van der Waals surface area contributed by atoms with Gasteiger partial charge in [-0.1, -0.05) is 43.7 Å². The maximum absolute atomic E-state index is 11.6. The Balaban J connectivity index is 1.36. The number of benzene rings is 1. The van der Waals surface area contributed by atoms with Crippen LogP contribution in [0.2, 0.25) is 0 Å². The molecule has 38 heavy (non-hydrogen) atoms. The van der Waals surface area contributed by atoms with Crippen molar-refractivity contribution in [1.82, 2.24) is 0 Å². The Bertz CT molecular complexity index is 853. The van der Waals surface area contributed by atoms with E-state index in [1.807, 2.05) is 43.3 Å². The van der Waals surface area contributed by atoms with Crippen LogP contribution >= 0.6 is 0 Å². The van der Waals surface area contributed by atoms with Gasteiger partial charge in [-0.2, -0.15) is 0 Å². The topological polar surface area (TPSA) is 94.5 Å². The number of ether oxygens (including phenoxy) is 4. The molecule has 1 aromatic carbocycles. The predicted molar refractivity (Wildman–Crippen MR) is 145 cm³/mol. The highest BCUT2D eigenvalue weighted by atomic mass is 16.7. The van der Waals surface area contributed by atoms with E-state index in [-0.39, 0.29) is 36.9 Å². The molecule has 1 aromatic rings. The van der Waals surface area contributed by atoms with Crippen molar-refractivity contribution in [3.63, 3.8) is 0 Å². The van der Waals surface area contributed by atoms with E-state index in [0.717, 1.165) is 70.1 Å². The molecule has 2 aliphatic heterocycles. The summed E-state index contributed by atoms with van der Waals surface area (Å²) in [5, 5.41) is 20.2. The molecular formula is C31H46O7. The van der Waals surface area contributed by atoms with Crippen LogP contribution in [0, 0.1) is 23.7 Å². The molecule has 4 rings (SSSR count). The van der Waals surface area contributed by atoms with Crippen LogP contribution in [-0.2, 0) is 19.0 Å². The van der Waals surface area contributed by atoms with Crippen LogP contribution in [0.5, 0.6) is 5.75 Å². The van der Waals surface area contributed by atoms with Crippen LogP contribution in [0.1, 0.15) is 71.1 Å². The zero-order valence-corrected chi connectivity index (χ0v) is 22.8. The second-order valence-electron chi connectivity index (χ2n) is 11.2. The van der Waals surface area contributed by atoms with Crippen LogP contribution in [-0.4, -0.2) is 60.6 Å². The summed E-state index contributed by atoms with van der Waals surface area (Å²) >= 11 is 0. The standard InChI is InChI=1S/C31H46O7/c1-2-8-23(31(33)34)14-12-22-13-16-26-27(17-15-24(32)21-36-25-9-4-3-5-10-25)29(19-28(26)37-20-22)38-30-11-6-7-18-35-30/h3-5,9-10,15,17,22-24,26-30,32H,2,6-8,11-14,16,18-21H2,1H3,(H,33,34)/b17-15+/t22-,23?,24-,26-,27-,28+,29-,30?/m1/s1. The van der Waals surface area contributed by atoms with Crippen molar-refractivity contribution < 1.29 is 34.0 Å². The molecule has 0 radical (unpaired) electrons. The van der Waals surface area contributed by atoms with Gasteiger partial charge in [0.05, 0.1) is 18.1 Å². The monoisotopic (exact) mass is 530 g/mol. The number of aliphatic hydroxyl groups excluding tert-OH is 1. The Hall–Kier alpha value is -1.93. The summed E-state index contributed by atoms with van der Waals surface area (Å²) in [6.07, 6.45) is 12.4. The van der Waals surface area contributed by atoms with Crippen molar-refractivity contribution in [3.8, 4) is 5.75 Å². The number of carboxylic acid groups (broad SMARTS) is 1. The Morgan fingerprint density at radius 1 is 1.13 bits per heavy atom. The predicted octanol–water partition coefficient (Wildman–Crippen LogP) is 5.61. The summed E-state index contributed by atoms with van der Waals surface area (Å²) in [5.41, 5.74) is 0. The van der Waals surface area contributed by atoms with Crippen molar-refractivity contribution in [2.45, 2.75) is 95.7 Å². The van der Waals surface area contributed by atoms with E-state index in [1.165, 1.54) is 0 Å². The summed E-state index contributed by atoms with van der Waals surface area (Å²) < 4.78 is 24.6. The van der Waals surface area contributed by atoms with Crippen molar-refractivity contribution >= 4 is 5.97 Å². The number of fused-ring (bicyclic) bond motifs is 1. The molecule has 7 heteroatoms. The smallest absolute Gasteiger partial charge is 0.306 e. The molecule has 7 nitrogen and oxygen atoms in total. The van der Waals surface area contributed by atoms with E-state index in [1.54, 1.807) is 0 Å². The largest absolute Gasteiger partial charge is 0.491 e. The normalized spacial score (nSPS) is 31.4. The molecule has 8 atom stereocenters. The van der Waals surface area contributed by atoms with E-state index in [2.05, 4.69) is 6.08 Å². The van der Waals surface area contributed by atoms with Crippen molar-refractivity contribution in [3.05, 3.63) is 42.5 Å². The summed E-state index contributed by atoms with van der Waals surface area (Å²) in [6, 6.07) is 9.52. The summed E-state index contributed by atoms with van der Waals surface area (Å²) in [4.78, 5) is 11.6. The Morgan fingerprint density at radius 3 is 2.71 bits per heavy atom. The highest BCUT2D eigenvalue weighted by Crippen LogP contribution is 2.44. The van der Waals surface area contributed by atoms with Gasteiger partial charge in [0.15, 0.2) is 6.29 Å². The zero-order valence-electron chi connectivity index (χ0n) is 22.8. The third-order valence-electron chi connectivity index (χ3n) is 8.41. The Morgan fingerprint density at radius 2 is 1.97 bits per heavy atom. The van der Waals surface area contributed by atoms with Crippen LogP contribution in [0.4, 0.5) is 0 Å². The lowest BCUT2D eigenvalue weighted by Gasteiger charge is -2.29. The molecule has 2 unspecified atom stereocenters. The summed E-state index contributed by atoms with van der Waals surface area (Å²) in [5.74, 6) is 0.619. The number of aliphatic hydroxyl groups is 1. The van der Waals surface area contributed by atoms with E-state index in [4.69, 9.17) is 18.9 Å². The lowest BCUT2D eigenvalue weighted by molar-refractivity contribution is -0.193. The van der Waals surface area contributed by atoms with Gasteiger partial charge in [-0.3, -0.25) is 4.79 Å². The van der Waals surface area contributed by atoms with E-state index in [9.17, 15) is 15.0 Å². The molecule has 0 bridgehead atoms. The number of carbonyl (C=O) groups is 1. The SMILES string of the molecule is CCCC(CC[C@@H]1CC[C@@H]2[C@@H](/C=C/[C@@H](O)COc3ccccc3)[C@H](OC3CCCCO3)C[C@@H]2OC1)C(=O)O. The van der Waals surface area contributed by atoms with E-state index >= 15 is 0 Å². The van der Waals surface area contributed by atoms with Gasteiger partial charge in [0.1, 0.15) is 18.5 Å². The lowest BCUT2D eigenvalue weighted by Crippen LogP contribution is -2.31. The Labute approximate surface area is 227 Å². The second kappa shape index (κ2) is 15.0. The van der Waals surface area contributed by atoms with Gasteiger partial charge in [-0.15, -0.1) is 0 Å². The van der Waals surface area contributed by atoms with Crippen LogP contribution in [0.15, 0.2) is 42.5 Å². The van der Waals surface area contributed by atoms with Gasteiger partial charge in [0.25, 0.3) is 0 Å². The molecular weight excluding hydrogens is 484 g/mol. The molecule has 3 aliphatic rings. The van der Waals surface area contributed by atoms with Crippen LogP contribution in [0.3, 0.4) is 0 Å². The third kappa shape index (κ3) is 8.54. The maximum atomic E-state index is 11.6. The number of para-hydroxylation sites is 1. The molecule has 1 saturated carbocycles. The fourth-order valence-electron chi connectivity index (χ4n) is 6.27. The first-order chi connectivity index (χ1) is 18.5. The first-order valence-electron chi connectivity index (χ1n) is 14.7. The average Bonchev–Trinajstić information content (AvgIpc) is 3.12. The van der Waals surface area contributed by atoms with Crippen molar-refractivity contribution in [2.75, 3.05) is 19.8 Å². The van der Waals surface area contributed by atoms with Crippen molar-refractivity contribution in [1.29, 1.82) is 0 Å². The van der Waals surface area contributed by atoms with Crippen molar-refractivity contribution in [2.24, 2.45) is 23.7 Å². The number of hydrogen-bond acceptors (Lipinski definition) is 6. The summed E-state index contributed by atoms with van der Waals surface area (Å²) in [6.45, 7) is 3.66. The molecule has 212 valence electrons. The van der Waals surface area contributed by atoms with Gasteiger partial charge in [-0.05, 0) is 75.3 Å². The van der Waals surface area contributed by atoms with Gasteiger partial charge in [-0.25, -0.2) is 0 Å². The van der Waals surface area contributed by atoms with Gasteiger partial charge >= 0.3 is 5.97 Å². The quantitative estimate of drug-likeness (QED) is 0.320. The molecule has 0 spiro atoms. The highest BCUT2D eigenvalue weighted by molar-refractivity contribution is 5.69. The van der Waals surface area contributed by atoms with Gasteiger partial charge in [0.2, 0.25) is 0 Å². The number of aliphatic carboxylic acids is 1. The average molecular weight is 531 g/mol. The van der Waals surface area contributed by atoms with E-state index in [0.29, 0.717) is 24.9 Å². The molecule has 0 amide bonds. The number of carboxylic acids is 1. The number of rotatable bonds is 13. The maximum Gasteiger partial charge on any atom is 0.306 e. The second-order valence-corrected chi connectivity index (χ2v) is 11.2. The van der Waals surface area contributed by atoms with Crippen LogP contribution in [0.25, 0.3) is 0 Å². The minimum atomic E-state index is -0.716. The van der Waals surface area contributed by atoms with Gasteiger partial charge < -0.3 is 29.2 Å². The fraction of sp³-hybridized carbons (Fsp3) is 0.710. The molecule has 0 aromatic heterocycles. The summed E-state index contributed by atoms with van der Waals surface area (Å²) in [7, 11) is 0. The van der Waals surface area contributed by atoms with Crippen LogP contribution < -0.4 is 4.74 Å². The van der Waals surface area contributed by atoms with E-state index < -0.39 is 12.1 Å². The molecule has 2 N–H and O–H groups in total. The number of hydrogen-bond donors (Lipinski definition) is 2. The first-order valence-corrected chi connectivity index (χ1v) is 14.7. The molecule has 3 fully saturated rings. The molecule has 2 saturated heterocycles.